The minimum Gasteiger partial charge on any atom is -0.149 e. The zero-order chi connectivity index (χ0) is 6.41. The van der Waals surface area contributed by atoms with E-state index in [-0.39, 0.29) is 0 Å². The second kappa shape index (κ2) is 5.05. The molecule has 0 atom stereocenters. The summed E-state index contributed by atoms with van der Waals surface area (Å²) < 4.78 is 0. The Bertz CT molecular complexity index is 78.9. The normalized spacial score (nSPS) is 9.25. The van der Waals surface area contributed by atoms with Gasteiger partial charge in [-0.3, -0.25) is 0 Å². The molecule has 1 heteroatoms. The molecule has 0 saturated heterocycles. The Kier molecular flexibility index (Phi) is 5.00. The van der Waals surface area contributed by atoms with Crippen molar-refractivity contribution in [2.75, 3.05) is 11.5 Å². The van der Waals surface area contributed by atoms with E-state index in [2.05, 4.69) is 19.8 Å². The molecule has 46 valence electrons. The molecular weight excluding hydrogens is 116 g/mol. The first-order valence-corrected chi connectivity index (χ1v) is 3.94. The van der Waals surface area contributed by atoms with Gasteiger partial charge in [-0.25, -0.2) is 0 Å². The molecule has 8 heavy (non-hydrogen) atoms. The third-order valence-corrected chi connectivity index (χ3v) is 1.91. The summed E-state index contributed by atoms with van der Waals surface area (Å²) in [4.78, 5) is 0. The molecule has 0 heterocycles. The third-order valence-electron chi connectivity index (χ3n) is 0.637. The van der Waals surface area contributed by atoms with Gasteiger partial charge < -0.3 is 0 Å². The molecule has 0 aliphatic heterocycles. The molecule has 0 aromatic carbocycles. The highest BCUT2D eigenvalue weighted by Crippen LogP contribution is 2.05. The number of terminal acetylenes is 1. The average molecular weight is 128 g/mol. The molecule has 0 radical (unpaired) electrons. The van der Waals surface area contributed by atoms with Gasteiger partial charge in [0.25, 0.3) is 0 Å². The molecule has 0 aliphatic carbocycles. The number of rotatable bonds is 3. The Morgan fingerprint density at radius 3 is 2.62 bits per heavy atom. The van der Waals surface area contributed by atoms with Crippen molar-refractivity contribution in [2.24, 2.45) is 5.92 Å². The Balaban J connectivity index is 2.85. The van der Waals surface area contributed by atoms with Crippen molar-refractivity contribution in [2.45, 2.75) is 13.8 Å². The van der Waals surface area contributed by atoms with E-state index in [1.54, 1.807) is 0 Å². The van der Waals surface area contributed by atoms with Crippen LogP contribution < -0.4 is 0 Å². The van der Waals surface area contributed by atoms with Crippen LogP contribution in [0.5, 0.6) is 0 Å². The van der Waals surface area contributed by atoms with Crippen LogP contribution in [0.15, 0.2) is 0 Å². The molecule has 0 amide bonds. The highest BCUT2D eigenvalue weighted by Gasteiger charge is 1.90. The monoisotopic (exact) mass is 128 g/mol. The smallest absolute Gasteiger partial charge is 0.0544 e. The van der Waals surface area contributed by atoms with Gasteiger partial charge in [-0.05, 0) is 11.7 Å². The summed E-state index contributed by atoms with van der Waals surface area (Å²) in [6.07, 6.45) is 5.04. The van der Waals surface area contributed by atoms with E-state index in [0.717, 1.165) is 11.7 Å². The van der Waals surface area contributed by atoms with Gasteiger partial charge in [0.05, 0.1) is 5.75 Å². The summed E-state index contributed by atoms with van der Waals surface area (Å²) in [6, 6.07) is 0. The van der Waals surface area contributed by atoms with E-state index in [1.807, 2.05) is 11.8 Å². The van der Waals surface area contributed by atoms with Crippen LogP contribution in [0.1, 0.15) is 13.8 Å². The first kappa shape index (κ1) is 7.91. The Hall–Kier alpha value is -0.0900. The van der Waals surface area contributed by atoms with Crippen molar-refractivity contribution in [3.63, 3.8) is 0 Å². The van der Waals surface area contributed by atoms with Crippen LogP contribution in [-0.4, -0.2) is 11.5 Å². The number of hydrogen-bond acceptors (Lipinski definition) is 1. The van der Waals surface area contributed by atoms with Gasteiger partial charge in [0.1, 0.15) is 0 Å². The zero-order valence-corrected chi connectivity index (χ0v) is 6.29. The first-order chi connectivity index (χ1) is 3.77. The lowest BCUT2D eigenvalue weighted by atomic mass is 10.3. The van der Waals surface area contributed by atoms with E-state index in [4.69, 9.17) is 6.42 Å². The largest absolute Gasteiger partial charge is 0.149 e. The van der Waals surface area contributed by atoms with Gasteiger partial charge in [-0.1, -0.05) is 19.8 Å². The standard InChI is InChI=1S/C7H12S/c1-4-5-8-6-7(2)3/h1,7H,5-6H2,2-3H3. The molecule has 0 fully saturated rings. The lowest BCUT2D eigenvalue weighted by Gasteiger charge is -1.98. The van der Waals surface area contributed by atoms with E-state index >= 15 is 0 Å². The molecule has 0 bridgehead atoms. The fourth-order valence-corrected chi connectivity index (χ4v) is 1.06. The van der Waals surface area contributed by atoms with Crippen LogP contribution >= 0.6 is 11.8 Å². The van der Waals surface area contributed by atoms with Crippen LogP contribution in [-0.2, 0) is 0 Å². The minimum absolute atomic E-state index is 0.772. The molecule has 0 nitrogen and oxygen atoms in total. The van der Waals surface area contributed by atoms with Gasteiger partial charge in [0.15, 0.2) is 0 Å². The van der Waals surface area contributed by atoms with Crippen molar-refractivity contribution in [3.8, 4) is 12.3 Å². The third kappa shape index (κ3) is 5.91. The van der Waals surface area contributed by atoms with Gasteiger partial charge in [0, 0.05) is 0 Å². The first-order valence-electron chi connectivity index (χ1n) is 2.78. The van der Waals surface area contributed by atoms with Crippen LogP contribution in [0.25, 0.3) is 0 Å². The van der Waals surface area contributed by atoms with Gasteiger partial charge in [0.2, 0.25) is 0 Å². The second-order valence-electron chi connectivity index (χ2n) is 2.11. The number of hydrogen-bond donors (Lipinski definition) is 0. The molecule has 0 unspecified atom stereocenters. The van der Waals surface area contributed by atoms with Gasteiger partial charge in [-0.15, -0.1) is 18.2 Å². The van der Waals surface area contributed by atoms with Crippen molar-refractivity contribution < 1.29 is 0 Å². The summed E-state index contributed by atoms with van der Waals surface area (Å²) in [7, 11) is 0. The van der Waals surface area contributed by atoms with Gasteiger partial charge in [-0.2, -0.15) is 0 Å². The van der Waals surface area contributed by atoms with Crippen LogP contribution in [0, 0.1) is 18.3 Å². The Morgan fingerprint density at radius 1 is 1.62 bits per heavy atom. The van der Waals surface area contributed by atoms with Crippen LogP contribution in [0.3, 0.4) is 0 Å². The predicted molar refractivity (Wildman–Crippen MR) is 41.0 cm³/mol. The molecule has 0 aromatic rings. The molecule has 0 aliphatic rings. The summed E-state index contributed by atoms with van der Waals surface area (Å²) in [6.45, 7) is 4.40. The van der Waals surface area contributed by atoms with E-state index in [0.29, 0.717) is 0 Å². The molecule has 0 saturated carbocycles. The molecule has 0 aromatic heterocycles. The second-order valence-corrected chi connectivity index (χ2v) is 3.14. The molecule has 0 spiro atoms. The topological polar surface area (TPSA) is 0 Å². The maximum atomic E-state index is 5.04. The molecule has 0 rings (SSSR count). The fraction of sp³-hybridized carbons (Fsp3) is 0.714. The van der Waals surface area contributed by atoms with Crippen molar-refractivity contribution in [1.82, 2.24) is 0 Å². The SMILES string of the molecule is C#CCSCC(C)C. The zero-order valence-electron chi connectivity index (χ0n) is 5.48. The van der Waals surface area contributed by atoms with Crippen LogP contribution in [0.4, 0.5) is 0 Å². The Morgan fingerprint density at radius 2 is 2.25 bits per heavy atom. The summed E-state index contributed by atoms with van der Waals surface area (Å²) in [5, 5.41) is 0. The summed E-state index contributed by atoms with van der Waals surface area (Å²) in [5.41, 5.74) is 0. The van der Waals surface area contributed by atoms with Crippen molar-refractivity contribution in [3.05, 3.63) is 0 Å². The molecular formula is C7H12S. The van der Waals surface area contributed by atoms with E-state index < -0.39 is 0 Å². The molecule has 0 N–H and O–H groups in total. The summed E-state index contributed by atoms with van der Waals surface area (Å²) >= 11 is 1.83. The quantitative estimate of drug-likeness (QED) is 0.414. The predicted octanol–water partition coefficient (Wildman–Crippen LogP) is 2.01. The van der Waals surface area contributed by atoms with Crippen LogP contribution in [0.2, 0.25) is 0 Å². The number of thioether (sulfide) groups is 1. The lowest BCUT2D eigenvalue weighted by molar-refractivity contribution is 0.751. The maximum absolute atomic E-state index is 5.04. The fourth-order valence-electron chi connectivity index (χ4n) is 0.354. The lowest BCUT2D eigenvalue weighted by Crippen LogP contribution is -1.90. The van der Waals surface area contributed by atoms with Crippen molar-refractivity contribution >= 4 is 11.8 Å². The Labute approximate surface area is 56.1 Å². The highest BCUT2D eigenvalue weighted by molar-refractivity contribution is 7.99. The average Bonchev–Trinajstić information content (AvgIpc) is 1.66. The minimum atomic E-state index is 0.772. The highest BCUT2D eigenvalue weighted by atomic mass is 32.2. The van der Waals surface area contributed by atoms with Gasteiger partial charge >= 0.3 is 0 Å². The maximum Gasteiger partial charge on any atom is 0.0544 e. The summed E-state index contributed by atoms with van der Waals surface area (Å²) in [5.74, 6) is 5.40. The van der Waals surface area contributed by atoms with E-state index in [9.17, 15) is 0 Å². The van der Waals surface area contributed by atoms with E-state index in [1.165, 1.54) is 5.75 Å². The van der Waals surface area contributed by atoms with Crippen molar-refractivity contribution in [1.29, 1.82) is 0 Å².